The van der Waals surface area contributed by atoms with Gasteiger partial charge in [0.05, 0.1) is 6.04 Å². The summed E-state index contributed by atoms with van der Waals surface area (Å²) in [6, 6.07) is 0.0172. The van der Waals surface area contributed by atoms with Gasteiger partial charge in [0.15, 0.2) is 0 Å². The van der Waals surface area contributed by atoms with Crippen LogP contribution in [0, 0.1) is 17.8 Å². The van der Waals surface area contributed by atoms with E-state index in [1.54, 1.807) is 0 Å². The second-order valence-electron chi connectivity index (χ2n) is 5.71. The summed E-state index contributed by atoms with van der Waals surface area (Å²) in [7, 11) is 0. The van der Waals surface area contributed by atoms with Crippen molar-refractivity contribution < 1.29 is 4.39 Å². The number of halogens is 1. The van der Waals surface area contributed by atoms with Crippen molar-refractivity contribution in [3.05, 3.63) is 11.9 Å². The topological polar surface area (TPSA) is 3.24 Å². The average molecular weight is 227 g/mol. The van der Waals surface area contributed by atoms with Gasteiger partial charge in [-0.1, -0.05) is 41.0 Å². The molecule has 0 fully saturated rings. The molecular formula is C14H26FN. The van der Waals surface area contributed by atoms with E-state index in [2.05, 4.69) is 39.5 Å². The van der Waals surface area contributed by atoms with Crippen LogP contribution in [0.15, 0.2) is 11.9 Å². The van der Waals surface area contributed by atoms with E-state index in [0.29, 0.717) is 17.8 Å². The lowest BCUT2D eigenvalue weighted by Gasteiger charge is -2.40. The highest BCUT2D eigenvalue weighted by molar-refractivity contribution is 5.11. The molecule has 0 N–H and O–H groups in total. The van der Waals surface area contributed by atoms with Crippen LogP contribution in [0.1, 0.15) is 41.0 Å². The van der Waals surface area contributed by atoms with Gasteiger partial charge in [-0.05, 0) is 23.8 Å². The van der Waals surface area contributed by atoms with Gasteiger partial charge >= 0.3 is 0 Å². The molecule has 0 bridgehead atoms. The largest absolute Gasteiger partial charge is 0.293 e. The van der Waals surface area contributed by atoms with Crippen LogP contribution in [0.3, 0.4) is 0 Å². The molecule has 3 atom stereocenters. The first-order valence-electron chi connectivity index (χ1n) is 6.56. The molecule has 1 nitrogen and oxygen atoms in total. The predicted octanol–water partition coefficient (Wildman–Crippen LogP) is 3.86. The standard InChI is InChI=1S/C14H26FN/c1-6-12(5)14-13(15)7-11(4)9-16(14)8-10(2)3/h7,10-12,14H,6,8-9H2,1-5H3. The SMILES string of the molecule is CCC(C)C1C(F)=CC(C)CN1CC(C)C. The first-order chi connectivity index (χ1) is 7.45. The van der Waals surface area contributed by atoms with Crippen LogP contribution >= 0.6 is 0 Å². The summed E-state index contributed by atoms with van der Waals surface area (Å²) in [5.41, 5.74) is 0. The Balaban J connectivity index is 2.82. The smallest absolute Gasteiger partial charge is 0.114 e. The third-order valence-corrected chi connectivity index (χ3v) is 3.42. The maximum absolute atomic E-state index is 14.1. The van der Waals surface area contributed by atoms with Crippen molar-refractivity contribution in [2.75, 3.05) is 13.1 Å². The molecule has 3 unspecified atom stereocenters. The number of rotatable bonds is 4. The van der Waals surface area contributed by atoms with Gasteiger partial charge in [-0.2, -0.15) is 0 Å². The molecule has 0 aliphatic carbocycles. The highest BCUT2D eigenvalue weighted by atomic mass is 19.1. The van der Waals surface area contributed by atoms with Crippen molar-refractivity contribution in [1.82, 2.24) is 4.90 Å². The quantitative estimate of drug-likeness (QED) is 0.705. The maximum atomic E-state index is 14.1. The Morgan fingerprint density at radius 2 is 2.06 bits per heavy atom. The zero-order valence-electron chi connectivity index (χ0n) is 11.3. The summed E-state index contributed by atoms with van der Waals surface area (Å²) in [5.74, 6) is 1.44. The molecule has 0 amide bonds. The van der Waals surface area contributed by atoms with E-state index in [-0.39, 0.29) is 11.9 Å². The highest BCUT2D eigenvalue weighted by Crippen LogP contribution is 2.29. The van der Waals surface area contributed by atoms with Crippen LogP contribution in [0.2, 0.25) is 0 Å². The molecule has 0 radical (unpaired) electrons. The Morgan fingerprint density at radius 3 is 2.56 bits per heavy atom. The molecule has 0 spiro atoms. The van der Waals surface area contributed by atoms with Gasteiger partial charge < -0.3 is 0 Å². The van der Waals surface area contributed by atoms with Crippen LogP contribution in [-0.4, -0.2) is 24.0 Å². The Morgan fingerprint density at radius 1 is 1.44 bits per heavy atom. The number of hydrogen-bond donors (Lipinski definition) is 0. The minimum absolute atomic E-state index is 0.0172. The third-order valence-electron chi connectivity index (χ3n) is 3.42. The van der Waals surface area contributed by atoms with E-state index in [1.165, 1.54) is 0 Å². The van der Waals surface area contributed by atoms with Gasteiger partial charge in [-0.3, -0.25) is 4.90 Å². The normalized spacial score (nSPS) is 29.3. The van der Waals surface area contributed by atoms with E-state index in [0.717, 1.165) is 19.5 Å². The van der Waals surface area contributed by atoms with E-state index in [9.17, 15) is 4.39 Å². The van der Waals surface area contributed by atoms with Gasteiger partial charge in [0.1, 0.15) is 5.83 Å². The first-order valence-corrected chi connectivity index (χ1v) is 6.56. The van der Waals surface area contributed by atoms with E-state index in [1.807, 2.05) is 6.08 Å². The lowest BCUT2D eigenvalue weighted by Crippen LogP contribution is -2.46. The third kappa shape index (κ3) is 3.31. The molecule has 16 heavy (non-hydrogen) atoms. The molecule has 0 aromatic carbocycles. The van der Waals surface area contributed by atoms with Crippen molar-refractivity contribution in [1.29, 1.82) is 0 Å². The Kier molecular flexibility index (Phi) is 4.97. The van der Waals surface area contributed by atoms with Crippen LogP contribution in [0.4, 0.5) is 4.39 Å². The summed E-state index contributed by atoms with van der Waals surface area (Å²) in [6.07, 6.45) is 2.85. The molecule has 2 heteroatoms. The van der Waals surface area contributed by atoms with Crippen LogP contribution < -0.4 is 0 Å². The van der Waals surface area contributed by atoms with Crippen molar-refractivity contribution in [3.8, 4) is 0 Å². The minimum Gasteiger partial charge on any atom is -0.293 e. The van der Waals surface area contributed by atoms with Crippen LogP contribution in [-0.2, 0) is 0 Å². The Bertz CT molecular complexity index is 247. The number of hydrogen-bond acceptors (Lipinski definition) is 1. The van der Waals surface area contributed by atoms with Crippen LogP contribution in [0.25, 0.3) is 0 Å². The summed E-state index contributed by atoms with van der Waals surface area (Å²) in [5, 5.41) is 0. The Labute approximate surface area is 99.7 Å². The molecule has 0 aromatic heterocycles. The lowest BCUT2D eigenvalue weighted by atomic mass is 9.90. The molecule has 0 saturated heterocycles. The van der Waals surface area contributed by atoms with Gasteiger partial charge in [-0.15, -0.1) is 0 Å². The Hall–Kier alpha value is -0.370. The summed E-state index contributed by atoms with van der Waals surface area (Å²) >= 11 is 0. The van der Waals surface area contributed by atoms with Crippen molar-refractivity contribution >= 4 is 0 Å². The van der Waals surface area contributed by atoms with Gasteiger partial charge in [0.25, 0.3) is 0 Å². The van der Waals surface area contributed by atoms with Crippen molar-refractivity contribution in [2.45, 2.75) is 47.1 Å². The zero-order valence-corrected chi connectivity index (χ0v) is 11.3. The van der Waals surface area contributed by atoms with E-state index < -0.39 is 0 Å². The second kappa shape index (κ2) is 5.81. The zero-order chi connectivity index (χ0) is 12.3. The molecule has 0 saturated carbocycles. The molecule has 1 heterocycles. The first kappa shape index (κ1) is 13.7. The molecule has 94 valence electrons. The van der Waals surface area contributed by atoms with Crippen molar-refractivity contribution in [3.63, 3.8) is 0 Å². The highest BCUT2D eigenvalue weighted by Gasteiger charge is 2.32. The average Bonchev–Trinajstić information content (AvgIpc) is 2.14. The summed E-state index contributed by atoms with van der Waals surface area (Å²) in [4.78, 5) is 2.33. The molecule has 1 aliphatic heterocycles. The van der Waals surface area contributed by atoms with Gasteiger partial charge in [0, 0.05) is 13.1 Å². The van der Waals surface area contributed by atoms with Crippen molar-refractivity contribution in [2.24, 2.45) is 17.8 Å². The second-order valence-corrected chi connectivity index (χ2v) is 5.71. The molecule has 1 rings (SSSR count). The van der Waals surface area contributed by atoms with Crippen LogP contribution in [0.5, 0.6) is 0 Å². The van der Waals surface area contributed by atoms with E-state index >= 15 is 0 Å². The fourth-order valence-electron chi connectivity index (χ4n) is 2.59. The molecule has 0 aromatic rings. The van der Waals surface area contributed by atoms with E-state index in [4.69, 9.17) is 0 Å². The molecule has 1 aliphatic rings. The lowest BCUT2D eigenvalue weighted by molar-refractivity contribution is 0.111. The maximum Gasteiger partial charge on any atom is 0.114 e. The minimum atomic E-state index is 0.0172. The fourth-order valence-corrected chi connectivity index (χ4v) is 2.59. The number of nitrogens with zero attached hydrogens (tertiary/aromatic N) is 1. The fraction of sp³-hybridized carbons (Fsp3) is 0.857. The summed E-state index contributed by atoms with van der Waals surface area (Å²) < 4.78 is 14.1. The summed E-state index contributed by atoms with van der Waals surface area (Å²) in [6.45, 7) is 12.8. The van der Waals surface area contributed by atoms with Gasteiger partial charge in [-0.25, -0.2) is 4.39 Å². The predicted molar refractivity (Wildman–Crippen MR) is 68.0 cm³/mol. The van der Waals surface area contributed by atoms with Gasteiger partial charge in [0.2, 0.25) is 0 Å². The monoisotopic (exact) mass is 227 g/mol. The molecular weight excluding hydrogens is 201 g/mol.